The van der Waals surface area contributed by atoms with Crippen LogP contribution in [0.3, 0.4) is 0 Å². The Bertz CT molecular complexity index is 706. The molecule has 0 amide bonds. The van der Waals surface area contributed by atoms with Gasteiger partial charge in [-0.25, -0.2) is 9.97 Å². The third kappa shape index (κ3) is 2.20. The first kappa shape index (κ1) is 12.1. The van der Waals surface area contributed by atoms with E-state index in [9.17, 15) is 0 Å². The molecule has 19 heavy (non-hydrogen) atoms. The second kappa shape index (κ2) is 4.99. The summed E-state index contributed by atoms with van der Waals surface area (Å²) in [5, 5.41) is 9.85. The molecule has 0 aliphatic carbocycles. The Labute approximate surface area is 115 Å². The fourth-order valence-corrected chi connectivity index (χ4v) is 2.21. The number of nitrogens with zero attached hydrogens (tertiary/aromatic N) is 3. The van der Waals surface area contributed by atoms with Crippen LogP contribution < -0.4 is 0 Å². The quantitative estimate of drug-likeness (QED) is 0.798. The molecule has 3 aromatic rings. The molecular formula is C14H12ClN3O. The molecule has 0 saturated heterocycles. The fourth-order valence-electron chi connectivity index (χ4n) is 2.09. The molecule has 0 bridgehead atoms. The highest BCUT2D eigenvalue weighted by molar-refractivity contribution is 6.30. The summed E-state index contributed by atoms with van der Waals surface area (Å²) in [7, 11) is 0. The zero-order chi connectivity index (χ0) is 13.2. The van der Waals surface area contributed by atoms with E-state index in [1.165, 1.54) is 0 Å². The molecule has 2 aromatic heterocycles. The van der Waals surface area contributed by atoms with Crippen LogP contribution in [0.5, 0.6) is 0 Å². The lowest BCUT2D eigenvalue weighted by atomic mass is 10.3. The van der Waals surface area contributed by atoms with Crippen molar-refractivity contribution in [2.45, 2.75) is 6.42 Å². The van der Waals surface area contributed by atoms with Crippen LogP contribution in [0.2, 0.25) is 5.02 Å². The van der Waals surface area contributed by atoms with Crippen molar-refractivity contribution in [2.75, 3.05) is 6.61 Å². The molecule has 0 saturated carbocycles. The molecule has 2 heterocycles. The van der Waals surface area contributed by atoms with Crippen molar-refractivity contribution < 1.29 is 5.11 Å². The van der Waals surface area contributed by atoms with E-state index in [4.69, 9.17) is 16.7 Å². The minimum absolute atomic E-state index is 0.0525. The summed E-state index contributed by atoms with van der Waals surface area (Å²) >= 11 is 5.91. The van der Waals surface area contributed by atoms with Crippen molar-refractivity contribution in [2.24, 2.45) is 0 Å². The van der Waals surface area contributed by atoms with Crippen LogP contribution in [0.15, 0.2) is 42.6 Å². The second-order valence-electron chi connectivity index (χ2n) is 4.16. The highest BCUT2D eigenvalue weighted by atomic mass is 35.5. The van der Waals surface area contributed by atoms with E-state index in [0.717, 1.165) is 22.7 Å². The summed E-state index contributed by atoms with van der Waals surface area (Å²) in [5.41, 5.74) is 2.54. The molecule has 3 rings (SSSR count). The lowest BCUT2D eigenvalue weighted by Gasteiger charge is -2.07. The van der Waals surface area contributed by atoms with Gasteiger partial charge in [-0.2, -0.15) is 0 Å². The lowest BCUT2D eigenvalue weighted by molar-refractivity contribution is 0.296. The number of imidazole rings is 1. The van der Waals surface area contributed by atoms with Crippen LogP contribution in [0.1, 0.15) is 5.82 Å². The summed E-state index contributed by atoms with van der Waals surface area (Å²) in [4.78, 5) is 8.88. The predicted octanol–water partition coefficient (Wildman–Crippen LogP) is 2.61. The number of hydrogen-bond donors (Lipinski definition) is 1. The zero-order valence-corrected chi connectivity index (χ0v) is 10.9. The topological polar surface area (TPSA) is 50.9 Å². The molecule has 0 aliphatic rings. The van der Waals surface area contributed by atoms with Crippen LogP contribution in [-0.4, -0.2) is 26.2 Å². The highest BCUT2D eigenvalue weighted by Gasteiger charge is 2.12. The first-order valence-electron chi connectivity index (χ1n) is 5.99. The van der Waals surface area contributed by atoms with Gasteiger partial charge in [0.15, 0.2) is 5.65 Å². The minimum Gasteiger partial charge on any atom is -0.396 e. The van der Waals surface area contributed by atoms with Crippen molar-refractivity contribution in [3.8, 4) is 5.69 Å². The second-order valence-corrected chi connectivity index (χ2v) is 4.60. The minimum atomic E-state index is 0.0525. The first-order valence-corrected chi connectivity index (χ1v) is 6.36. The van der Waals surface area contributed by atoms with Gasteiger partial charge in [0.1, 0.15) is 11.3 Å². The Morgan fingerprint density at radius 2 is 1.95 bits per heavy atom. The fraction of sp³-hybridized carbons (Fsp3) is 0.143. The largest absolute Gasteiger partial charge is 0.396 e. The van der Waals surface area contributed by atoms with Gasteiger partial charge in [-0.3, -0.25) is 4.57 Å². The van der Waals surface area contributed by atoms with Crippen LogP contribution in [-0.2, 0) is 6.42 Å². The van der Waals surface area contributed by atoms with E-state index in [1.807, 2.05) is 41.0 Å². The van der Waals surface area contributed by atoms with Gasteiger partial charge in [-0.15, -0.1) is 0 Å². The maximum atomic E-state index is 9.17. The van der Waals surface area contributed by atoms with Crippen LogP contribution in [0, 0.1) is 0 Å². The number of aliphatic hydroxyl groups excluding tert-OH is 1. The van der Waals surface area contributed by atoms with Gasteiger partial charge in [0.25, 0.3) is 0 Å². The van der Waals surface area contributed by atoms with Gasteiger partial charge < -0.3 is 5.11 Å². The van der Waals surface area contributed by atoms with Gasteiger partial charge in [0.2, 0.25) is 0 Å². The Morgan fingerprint density at radius 1 is 1.16 bits per heavy atom. The molecule has 0 unspecified atom stereocenters. The standard InChI is InChI=1S/C14H12ClN3O/c15-10-3-5-11(6-4-10)18-13(7-9-19)17-12-2-1-8-16-14(12)18/h1-6,8,19H,7,9H2. The van der Waals surface area contributed by atoms with Gasteiger partial charge in [0.05, 0.1) is 6.61 Å². The van der Waals surface area contributed by atoms with Crippen molar-refractivity contribution in [1.82, 2.24) is 14.5 Å². The van der Waals surface area contributed by atoms with Crippen molar-refractivity contribution >= 4 is 22.8 Å². The molecule has 0 spiro atoms. The third-order valence-electron chi connectivity index (χ3n) is 2.91. The number of benzene rings is 1. The van der Waals surface area contributed by atoms with Gasteiger partial charge in [-0.05, 0) is 36.4 Å². The normalized spacial score (nSPS) is 11.1. The van der Waals surface area contributed by atoms with Crippen LogP contribution >= 0.6 is 11.6 Å². The molecule has 5 heteroatoms. The Morgan fingerprint density at radius 3 is 2.68 bits per heavy atom. The maximum absolute atomic E-state index is 9.17. The smallest absolute Gasteiger partial charge is 0.164 e. The predicted molar refractivity (Wildman–Crippen MR) is 74.7 cm³/mol. The number of hydrogen-bond acceptors (Lipinski definition) is 3. The van der Waals surface area contributed by atoms with Crippen molar-refractivity contribution in [3.63, 3.8) is 0 Å². The number of aromatic nitrogens is 3. The van der Waals surface area contributed by atoms with Crippen LogP contribution in [0.4, 0.5) is 0 Å². The average Bonchev–Trinajstić information content (AvgIpc) is 2.78. The van der Waals surface area contributed by atoms with E-state index >= 15 is 0 Å². The van der Waals surface area contributed by atoms with E-state index in [1.54, 1.807) is 6.20 Å². The summed E-state index contributed by atoms with van der Waals surface area (Å²) in [6.45, 7) is 0.0525. The Hall–Kier alpha value is -1.91. The summed E-state index contributed by atoms with van der Waals surface area (Å²) in [5.74, 6) is 0.790. The lowest BCUT2D eigenvalue weighted by Crippen LogP contribution is -2.04. The Kier molecular flexibility index (Phi) is 3.19. The average molecular weight is 274 g/mol. The monoisotopic (exact) mass is 273 g/mol. The number of halogens is 1. The number of aliphatic hydroxyl groups is 1. The maximum Gasteiger partial charge on any atom is 0.164 e. The molecule has 4 nitrogen and oxygen atoms in total. The van der Waals surface area contributed by atoms with Crippen molar-refractivity contribution in [3.05, 3.63) is 53.4 Å². The van der Waals surface area contributed by atoms with Gasteiger partial charge in [-0.1, -0.05) is 11.6 Å². The summed E-state index contributed by atoms with van der Waals surface area (Å²) in [6.07, 6.45) is 2.22. The van der Waals surface area contributed by atoms with E-state index in [-0.39, 0.29) is 6.61 Å². The number of pyridine rings is 1. The van der Waals surface area contributed by atoms with E-state index in [2.05, 4.69) is 9.97 Å². The van der Waals surface area contributed by atoms with Crippen molar-refractivity contribution in [1.29, 1.82) is 0 Å². The van der Waals surface area contributed by atoms with Crippen LogP contribution in [0.25, 0.3) is 16.9 Å². The Balaban J connectivity index is 2.24. The molecule has 0 aliphatic heterocycles. The molecule has 1 aromatic carbocycles. The van der Waals surface area contributed by atoms with Gasteiger partial charge in [0, 0.05) is 23.3 Å². The molecule has 0 fully saturated rings. The highest BCUT2D eigenvalue weighted by Crippen LogP contribution is 2.21. The van der Waals surface area contributed by atoms with Gasteiger partial charge >= 0.3 is 0 Å². The zero-order valence-electron chi connectivity index (χ0n) is 10.1. The molecule has 1 N–H and O–H groups in total. The van der Waals surface area contributed by atoms with E-state index in [0.29, 0.717) is 11.4 Å². The first-order chi connectivity index (χ1) is 9.29. The molecular weight excluding hydrogens is 262 g/mol. The molecule has 96 valence electrons. The molecule has 0 atom stereocenters. The SMILES string of the molecule is OCCc1nc2cccnc2n1-c1ccc(Cl)cc1. The molecule has 0 radical (unpaired) electrons. The number of rotatable bonds is 3. The summed E-state index contributed by atoms with van der Waals surface area (Å²) in [6, 6.07) is 11.3. The van der Waals surface area contributed by atoms with E-state index < -0.39 is 0 Å². The summed E-state index contributed by atoms with van der Waals surface area (Å²) < 4.78 is 1.95. The number of fused-ring (bicyclic) bond motifs is 1. The third-order valence-corrected chi connectivity index (χ3v) is 3.16.